The standard InChI is InChI=1S/C24H22N4O5/c1-31-22-13-17(3-4-19(22)23(29)30)27-24-26-9-6-20(28-24)15-2-5-21(16(12-15)14-25)33-18-7-10-32-11-8-18/h2-6,9,12-13,18H,7-8,10-11H2,1H3,(H,29,30)(H,26,27,28). The van der Waals surface area contributed by atoms with Gasteiger partial charge in [0, 0.05) is 36.4 Å². The van der Waals surface area contributed by atoms with E-state index in [4.69, 9.17) is 14.2 Å². The molecule has 0 unspecified atom stereocenters. The molecule has 0 spiro atoms. The van der Waals surface area contributed by atoms with Crippen molar-refractivity contribution in [1.29, 1.82) is 5.26 Å². The van der Waals surface area contributed by atoms with Gasteiger partial charge in [-0.3, -0.25) is 0 Å². The Kier molecular flexibility index (Phi) is 6.66. The lowest BCUT2D eigenvalue weighted by Crippen LogP contribution is -2.26. The molecule has 0 bridgehead atoms. The molecule has 1 saturated heterocycles. The van der Waals surface area contributed by atoms with Gasteiger partial charge in [-0.25, -0.2) is 14.8 Å². The van der Waals surface area contributed by atoms with Gasteiger partial charge in [0.15, 0.2) is 0 Å². The topological polar surface area (TPSA) is 127 Å². The third-order valence-electron chi connectivity index (χ3n) is 5.20. The number of rotatable bonds is 7. The number of carbonyl (C=O) groups is 1. The molecule has 1 aromatic heterocycles. The Morgan fingerprint density at radius 1 is 1.18 bits per heavy atom. The summed E-state index contributed by atoms with van der Waals surface area (Å²) in [4.78, 5) is 20.0. The van der Waals surface area contributed by atoms with Crippen molar-refractivity contribution in [1.82, 2.24) is 9.97 Å². The molecule has 2 aromatic carbocycles. The minimum Gasteiger partial charge on any atom is -0.496 e. The molecule has 0 radical (unpaired) electrons. The average molecular weight is 446 g/mol. The van der Waals surface area contributed by atoms with Gasteiger partial charge in [-0.15, -0.1) is 0 Å². The Labute approximate surface area is 190 Å². The van der Waals surface area contributed by atoms with E-state index in [0.29, 0.717) is 41.9 Å². The molecule has 4 rings (SSSR count). The second-order valence-corrected chi connectivity index (χ2v) is 7.36. The zero-order chi connectivity index (χ0) is 23.2. The Morgan fingerprint density at radius 2 is 2.00 bits per heavy atom. The summed E-state index contributed by atoms with van der Waals surface area (Å²) in [5.74, 6) is 0.0152. The molecule has 1 fully saturated rings. The number of nitriles is 1. The fourth-order valence-corrected chi connectivity index (χ4v) is 3.51. The highest BCUT2D eigenvalue weighted by molar-refractivity contribution is 5.91. The maximum absolute atomic E-state index is 11.3. The van der Waals surface area contributed by atoms with Crippen molar-refractivity contribution in [3.63, 3.8) is 0 Å². The molecule has 2 heterocycles. The molecule has 0 amide bonds. The van der Waals surface area contributed by atoms with Gasteiger partial charge in [-0.2, -0.15) is 5.26 Å². The number of nitrogens with zero attached hydrogens (tertiary/aromatic N) is 3. The summed E-state index contributed by atoms with van der Waals surface area (Å²) >= 11 is 0. The average Bonchev–Trinajstić information content (AvgIpc) is 2.85. The number of aromatic nitrogens is 2. The first-order valence-electron chi connectivity index (χ1n) is 10.4. The highest BCUT2D eigenvalue weighted by Gasteiger charge is 2.18. The van der Waals surface area contributed by atoms with E-state index in [9.17, 15) is 15.2 Å². The molecule has 2 N–H and O–H groups in total. The summed E-state index contributed by atoms with van der Waals surface area (Å²) in [6.45, 7) is 1.32. The van der Waals surface area contributed by atoms with Crippen molar-refractivity contribution < 1.29 is 24.1 Å². The third kappa shape index (κ3) is 5.19. The van der Waals surface area contributed by atoms with Crippen LogP contribution in [-0.2, 0) is 4.74 Å². The quantitative estimate of drug-likeness (QED) is 0.553. The van der Waals surface area contributed by atoms with Crippen LogP contribution in [0.2, 0.25) is 0 Å². The van der Waals surface area contributed by atoms with E-state index >= 15 is 0 Å². The van der Waals surface area contributed by atoms with Crippen LogP contribution in [0.25, 0.3) is 11.3 Å². The number of aromatic carboxylic acids is 1. The molecule has 3 aromatic rings. The molecule has 9 nitrogen and oxygen atoms in total. The molecular formula is C24H22N4O5. The Balaban J connectivity index is 1.55. The lowest BCUT2D eigenvalue weighted by atomic mass is 10.1. The number of hydrogen-bond donors (Lipinski definition) is 2. The molecule has 1 aliphatic rings. The SMILES string of the molecule is COc1cc(Nc2nccc(-c3ccc(OC4CCOCC4)c(C#N)c3)n2)ccc1C(=O)O. The summed E-state index contributed by atoms with van der Waals surface area (Å²) in [7, 11) is 1.41. The van der Waals surface area contributed by atoms with Crippen molar-refractivity contribution >= 4 is 17.6 Å². The van der Waals surface area contributed by atoms with Crippen molar-refractivity contribution in [3.8, 4) is 28.8 Å². The number of carboxylic acid groups (broad SMARTS) is 1. The van der Waals surface area contributed by atoms with Crippen LogP contribution in [0.5, 0.6) is 11.5 Å². The Hall–Kier alpha value is -4.16. The van der Waals surface area contributed by atoms with Gasteiger partial charge in [-0.05, 0) is 36.4 Å². The highest BCUT2D eigenvalue weighted by Crippen LogP contribution is 2.29. The minimum atomic E-state index is -1.07. The van der Waals surface area contributed by atoms with Crippen LogP contribution >= 0.6 is 0 Å². The number of ether oxygens (including phenoxy) is 3. The summed E-state index contributed by atoms with van der Waals surface area (Å²) in [6, 6.07) is 13.9. The molecule has 1 aliphatic heterocycles. The summed E-state index contributed by atoms with van der Waals surface area (Å²) in [5.41, 5.74) is 2.43. The normalized spacial score (nSPS) is 13.7. The number of benzene rings is 2. The van der Waals surface area contributed by atoms with Crippen LogP contribution in [0.3, 0.4) is 0 Å². The largest absolute Gasteiger partial charge is 0.496 e. The van der Waals surface area contributed by atoms with E-state index in [1.807, 2.05) is 6.07 Å². The van der Waals surface area contributed by atoms with Crippen LogP contribution in [0.15, 0.2) is 48.7 Å². The molecule has 168 valence electrons. The maximum atomic E-state index is 11.3. The van der Waals surface area contributed by atoms with Crippen molar-refractivity contribution in [3.05, 3.63) is 59.8 Å². The monoisotopic (exact) mass is 446 g/mol. The first kappa shape index (κ1) is 22.0. The molecule has 33 heavy (non-hydrogen) atoms. The van der Waals surface area contributed by atoms with E-state index < -0.39 is 5.97 Å². The van der Waals surface area contributed by atoms with E-state index in [2.05, 4.69) is 21.4 Å². The Bertz CT molecular complexity index is 1200. The number of carboxylic acids is 1. The van der Waals surface area contributed by atoms with E-state index in [1.54, 1.807) is 36.5 Å². The molecule has 9 heteroatoms. The third-order valence-corrected chi connectivity index (χ3v) is 5.20. The summed E-state index contributed by atoms with van der Waals surface area (Å²) in [5, 5.41) is 21.9. The fraction of sp³-hybridized carbons (Fsp3) is 0.250. The van der Waals surface area contributed by atoms with Crippen LogP contribution < -0.4 is 14.8 Å². The second kappa shape index (κ2) is 9.97. The zero-order valence-electron chi connectivity index (χ0n) is 17.9. The van der Waals surface area contributed by atoms with Crippen LogP contribution in [-0.4, -0.2) is 47.5 Å². The van der Waals surface area contributed by atoms with Gasteiger partial charge in [0.25, 0.3) is 0 Å². The van der Waals surface area contributed by atoms with E-state index in [0.717, 1.165) is 18.4 Å². The predicted molar refractivity (Wildman–Crippen MR) is 120 cm³/mol. The lowest BCUT2D eigenvalue weighted by Gasteiger charge is -2.23. The zero-order valence-corrected chi connectivity index (χ0v) is 17.9. The van der Waals surface area contributed by atoms with E-state index in [1.165, 1.54) is 13.2 Å². The lowest BCUT2D eigenvalue weighted by molar-refractivity contribution is 0.0254. The number of methoxy groups -OCH3 is 1. The van der Waals surface area contributed by atoms with Crippen molar-refractivity contribution in [2.75, 3.05) is 25.6 Å². The van der Waals surface area contributed by atoms with Crippen molar-refractivity contribution in [2.45, 2.75) is 18.9 Å². The maximum Gasteiger partial charge on any atom is 0.339 e. The van der Waals surface area contributed by atoms with Gasteiger partial charge in [-0.1, -0.05) is 0 Å². The van der Waals surface area contributed by atoms with E-state index in [-0.39, 0.29) is 17.4 Å². The summed E-state index contributed by atoms with van der Waals surface area (Å²) in [6.07, 6.45) is 3.24. The molecular weight excluding hydrogens is 424 g/mol. The van der Waals surface area contributed by atoms with Gasteiger partial charge in [0.1, 0.15) is 29.2 Å². The number of nitrogens with one attached hydrogen (secondary N) is 1. The smallest absolute Gasteiger partial charge is 0.339 e. The first-order chi connectivity index (χ1) is 16.1. The number of anilines is 2. The first-order valence-corrected chi connectivity index (χ1v) is 10.4. The summed E-state index contributed by atoms with van der Waals surface area (Å²) < 4.78 is 16.5. The second-order valence-electron chi connectivity index (χ2n) is 7.36. The van der Waals surface area contributed by atoms with Gasteiger partial charge in [0.2, 0.25) is 5.95 Å². The van der Waals surface area contributed by atoms with Gasteiger partial charge >= 0.3 is 5.97 Å². The Morgan fingerprint density at radius 3 is 2.73 bits per heavy atom. The van der Waals surface area contributed by atoms with Crippen LogP contribution in [0, 0.1) is 11.3 Å². The number of hydrogen-bond acceptors (Lipinski definition) is 8. The van der Waals surface area contributed by atoms with Crippen molar-refractivity contribution in [2.24, 2.45) is 0 Å². The molecule has 0 aliphatic carbocycles. The van der Waals surface area contributed by atoms with Crippen LogP contribution in [0.1, 0.15) is 28.8 Å². The molecule has 0 saturated carbocycles. The highest BCUT2D eigenvalue weighted by atomic mass is 16.5. The van der Waals surface area contributed by atoms with Crippen LogP contribution in [0.4, 0.5) is 11.6 Å². The molecule has 0 atom stereocenters. The predicted octanol–water partition coefficient (Wildman–Crippen LogP) is 4.02. The van der Waals surface area contributed by atoms with Gasteiger partial charge in [0.05, 0.1) is 31.6 Å². The minimum absolute atomic E-state index is 0.0380. The fourth-order valence-electron chi connectivity index (χ4n) is 3.51. The van der Waals surface area contributed by atoms with Gasteiger partial charge < -0.3 is 24.6 Å².